The van der Waals surface area contributed by atoms with Crippen molar-refractivity contribution >= 4 is 31.9 Å². The van der Waals surface area contributed by atoms with Gasteiger partial charge in [0.1, 0.15) is 0 Å². The van der Waals surface area contributed by atoms with E-state index in [0.717, 1.165) is 27.1 Å². The van der Waals surface area contributed by atoms with E-state index in [1.165, 1.54) is 25.7 Å². The highest BCUT2D eigenvalue weighted by Gasteiger charge is 2.21. The summed E-state index contributed by atoms with van der Waals surface area (Å²) in [7, 11) is 0. The third kappa shape index (κ3) is 3.76. The zero-order chi connectivity index (χ0) is 12.3. The second-order valence-corrected chi connectivity index (χ2v) is 6.57. The van der Waals surface area contributed by atoms with Crippen LogP contribution in [0.25, 0.3) is 0 Å². The van der Waals surface area contributed by atoms with Gasteiger partial charge < -0.3 is 5.32 Å². The Bertz CT molecular complexity index is 376. The van der Waals surface area contributed by atoms with Crippen molar-refractivity contribution in [1.82, 2.24) is 10.3 Å². The molecule has 1 fully saturated rings. The Morgan fingerprint density at radius 2 is 2.12 bits per heavy atom. The maximum absolute atomic E-state index is 4.42. The van der Waals surface area contributed by atoms with Gasteiger partial charge in [0.2, 0.25) is 0 Å². The Labute approximate surface area is 120 Å². The van der Waals surface area contributed by atoms with Gasteiger partial charge in [-0.25, -0.2) is 0 Å². The van der Waals surface area contributed by atoms with Crippen LogP contribution in [0.5, 0.6) is 0 Å². The fourth-order valence-corrected chi connectivity index (χ4v) is 3.58. The van der Waals surface area contributed by atoms with E-state index in [-0.39, 0.29) is 0 Å². The second-order valence-electron chi connectivity index (χ2n) is 4.80. The van der Waals surface area contributed by atoms with Gasteiger partial charge in [0.15, 0.2) is 0 Å². The van der Waals surface area contributed by atoms with Crippen molar-refractivity contribution in [3.05, 3.63) is 26.9 Å². The summed E-state index contributed by atoms with van der Waals surface area (Å²) in [4.78, 5) is 4.42. The Morgan fingerprint density at radius 3 is 2.76 bits per heavy atom. The Kier molecular flexibility index (Phi) is 5.00. The summed E-state index contributed by atoms with van der Waals surface area (Å²) < 4.78 is 2.08. The lowest BCUT2D eigenvalue weighted by atomic mass is 10.00. The molecule has 1 saturated carbocycles. The molecule has 0 amide bonds. The minimum atomic E-state index is 0.592. The normalized spacial score (nSPS) is 18.5. The molecule has 2 nitrogen and oxygen atoms in total. The minimum absolute atomic E-state index is 0.592. The molecular formula is C13H18Br2N2. The summed E-state index contributed by atoms with van der Waals surface area (Å²) in [6.45, 7) is 3.13. The topological polar surface area (TPSA) is 24.9 Å². The van der Waals surface area contributed by atoms with E-state index >= 15 is 0 Å². The van der Waals surface area contributed by atoms with Crippen LogP contribution >= 0.6 is 31.9 Å². The number of hydrogen-bond acceptors (Lipinski definition) is 2. The molecule has 0 spiro atoms. The second kappa shape index (κ2) is 6.30. The average Bonchev–Trinajstić information content (AvgIpc) is 2.81. The van der Waals surface area contributed by atoms with Crippen molar-refractivity contribution in [1.29, 1.82) is 0 Å². The molecule has 0 unspecified atom stereocenters. The van der Waals surface area contributed by atoms with Crippen LogP contribution in [0.3, 0.4) is 0 Å². The lowest BCUT2D eigenvalue weighted by molar-refractivity contribution is 0.378. The van der Waals surface area contributed by atoms with Crippen molar-refractivity contribution in [2.75, 3.05) is 0 Å². The van der Waals surface area contributed by atoms with Crippen LogP contribution < -0.4 is 5.32 Å². The zero-order valence-electron chi connectivity index (χ0n) is 10.0. The lowest BCUT2D eigenvalue weighted by Gasteiger charge is -2.20. The van der Waals surface area contributed by atoms with Crippen LogP contribution in [0.4, 0.5) is 0 Å². The van der Waals surface area contributed by atoms with Crippen molar-refractivity contribution in [3.8, 4) is 0 Å². The predicted molar refractivity (Wildman–Crippen MR) is 77.9 cm³/mol. The number of aromatic nitrogens is 1. The maximum Gasteiger partial charge on any atom is 0.0684 e. The van der Waals surface area contributed by atoms with Gasteiger partial charge in [-0.15, -0.1) is 0 Å². The smallest absolute Gasteiger partial charge is 0.0684 e. The van der Waals surface area contributed by atoms with Crippen LogP contribution in [-0.2, 0) is 6.54 Å². The number of halogens is 2. The van der Waals surface area contributed by atoms with Crippen molar-refractivity contribution in [2.24, 2.45) is 5.92 Å². The molecule has 2 rings (SSSR count). The Hall–Kier alpha value is 0.0700. The number of pyridine rings is 1. The summed E-state index contributed by atoms with van der Waals surface area (Å²) in [6.07, 6.45) is 7.40. The Morgan fingerprint density at radius 1 is 1.41 bits per heavy atom. The third-order valence-corrected chi connectivity index (χ3v) is 4.70. The Balaban J connectivity index is 1.88. The summed E-state index contributed by atoms with van der Waals surface area (Å²) in [5, 5.41) is 3.59. The van der Waals surface area contributed by atoms with E-state index < -0.39 is 0 Å². The third-order valence-electron chi connectivity index (χ3n) is 3.58. The summed E-state index contributed by atoms with van der Waals surface area (Å²) in [5.41, 5.74) is 1.08. The zero-order valence-corrected chi connectivity index (χ0v) is 13.2. The van der Waals surface area contributed by atoms with Gasteiger partial charge in [0.25, 0.3) is 0 Å². The number of rotatable bonds is 4. The highest BCUT2D eigenvalue weighted by molar-refractivity contribution is 9.11. The molecule has 17 heavy (non-hydrogen) atoms. The number of hydrogen-bond donors (Lipinski definition) is 1. The molecule has 1 N–H and O–H groups in total. The van der Waals surface area contributed by atoms with Crippen molar-refractivity contribution in [2.45, 2.75) is 45.2 Å². The standard InChI is InChI=1S/C13H18Br2N2/c1-9(10-4-2-3-5-10)16-8-13-12(15)6-11(14)7-17-13/h6-7,9-10,16H,2-5,8H2,1H3/t9-/m1/s1. The first-order valence-electron chi connectivity index (χ1n) is 6.20. The van der Waals surface area contributed by atoms with E-state index in [4.69, 9.17) is 0 Å². The first kappa shape index (κ1) is 13.5. The average molecular weight is 362 g/mol. The minimum Gasteiger partial charge on any atom is -0.308 e. The van der Waals surface area contributed by atoms with Crippen LogP contribution in [-0.4, -0.2) is 11.0 Å². The van der Waals surface area contributed by atoms with E-state index in [9.17, 15) is 0 Å². The van der Waals surface area contributed by atoms with Crippen LogP contribution in [0.1, 0.15) is 38.3 Å². The van der Waals surface area contributed by atoms with Gasteiger partial charge in [-0.1, -0.05) is 12.8 Å². The molecule has 0 radical (unpaired) electrons. The largest absolute Gasteiger partial charge is 0.308 e. The molecular weight excluding hydrogens is 344 g/mol. The van der Waals surface area contributed by atoms with Gasteiger partial charge in [-0.2, -0.15) is 0 Å². The quantitative estimate of drug-likeness (QED) is 0.865. The summed E-state index contributed by atoms with van der Waals surface area (Å²) in [5.74, 6) is 0.851. The van der Waals surface area contributed by atoms with E-state index in [1.807, 2.05) is 12.3 Å². The van der Waals surface area contributed by atoms with Gasteiger partial charge in [-0.05, 0) is 63.6 Å². The molecule has 1 atom stereocenters. The van der Waals surface area contributed by atoms with Crippen LogP contribution in [0.2, 0.25) is 0 Å². The monoisotopic (exact) mass is 360 g/mol. The molecule has 1 aromatic heterocycles. The van der Waals surface area contributed by atoms with Gasteiger partial charge in [-0.3, -0.25) is 4.98 Å². The fraction of sp³-hybridized carbons (Fsp3) is 0.615. The van der Waals surface area contributed by atoms with Gasteiger partial charge >= 0.3 is 0 Å². The van der Waals surface area contributed by atoms with Gasteiger partial charge in [0, 0.05) is 27.7 Å². The molecule has 0 aromatic carbocycles. The predicted octanol–water partition coefficient (Wildman–Crippen LogP) is 4.27. The van der Waals surface area contributed by atoms with E-state index in [0.29, 0.717) is 6.04 Å². The van der Waals surface area contributed by atoms with Crippen molar-refractivity contribution < 1.29 is 0 Å². The molecule has 4 heteroatoms. The molecule has 0 saturated heterocycles. The highest BCUT2D eigenvalue weighted by atomic mass is 79.9. The fourth-order valence-electron chi connectivity index (χ4n) is 2.45. The number of nitrogens with one attached hydrogen (secondary N) is 1. The maximum atomic E-state index is 4.42. The SMILES string of the molecule is C[C@@H](NCc1ncc(Br)cc1Br)C1CCCC1. The molecule has 1 aromatic rings. The molecule has 94 valence electrons. The van der Waals surface area contributed by atoms with Crippen LogP contribution in [0.15, 0.2) is 21.2 Å². The molecule has 1 aliphatic carbocycles. The van der Waals surface area contributed by atoms with Crippen molar-refractivity contribution in [3.63, 3.8) is 0 Å². The molecule has 0 bridgehead atoms. The molecule has 1 heterocycles. The van der Waals surface area contributed by atoms with Gasteiger partial charge in [0.05, 0.1) is 5.69 Å². The number of nitrogens with zero attached hydrogens (tertiary/aromatic N) is 1. The first-order chi connectivity index (χ1) is 8.16. The van der Waals surface area contributed by atoms with Crippen LogP contribution in [0, 0.1) is 5.92 Å². The molecule has 0 aliphatic heterocycles. The summed E-state index contributed by atoms with van der Waals surface area (Å²) >= 11 is 6.97. The summed E-state index contributed by atoms with van der Waals surface area (Å²) in [6, 6.07) is 2.64. The lowest BCUT2D eigenvalue weighted by Crippen LogP contribution is -2.32. The van der Waals surface area contributed by atoms with E-state index in [2.05, 4.69) is 49.1 Å². The van der Waals surface area contributed by atoms with E-state index in [1.54, 1.807) is 0 Å². The molecule has 1 aliphatic rings. The highest BCUT2D eigenvalue weighted by Crippen LogP contribution is 2.28. The first-order valence-corrected chi connectivity index (χ1v) is 7.78.